The van der Waals surface area contributed by atoms with E-state index in [2.05, 4.69) is 0 Å². The van der Waals surface area contributed by atoms with Crippen LogP contribution in [0, 0.1) is 0 Å². The smallest absolute Gasteiger partial charge is 0.240 e. The molecule has 17 heavy (non-hydrogen) atoms. The van der Waals surface area contributed by atoms with Crippen molar-refractivity contribution in [3.05, 3.63) is 28.8 Å². The van der Waals surface area contributed by atoms with Crippen molar-refractivity contribution in [1.29, 1.82) is 0 Å². The van der Waals surface area contributed by atoms with Gasteiger partial charge in [-0.05, 0) is 30.7 Å². The first kappa shape index (κ1) is 12.3. The van der Waals surface area contributed by atoms with E-state index in [1.165, 1.54) is 4.90 Å². The summed E-state index contributed by atoms with van der Waals surface area (Å²) in [5.41, 5.74) is 0.0590. The Kier molecular flexibility index (Phi) is 2.86. The monoisotopic (exact) mass is 259 g/mol. The third-order valence-corrected chi connectivity index (χ3v) is 3.49. The first-order valence-corrected chi connectivity index (χ1v) is 5.60. The second-order valence-electron chi connectivity index (χ2n) is 4.45. The summed E-state index contributed by atoms with van der Waals surface area (Å²) in [6.45, 7) is 1.54. The van der Waals surface area contributed by atoms with Gasteiger partial charge in [-0.15, -0.1) is 0 Å². The van der Waals surface area contributed by atoms with E-state index < -0.39 is 18.3 Å². The van der Waals surface area contributed by atoms with Crippen LogP contribution in [0.2, 0.25) is 5.02 Å². The zero-order chi connectivity index (χ0) is 12.8. The highest BCUT2D eigenvalue weighted by Crippen LogP contribution is 2.45. The first-order valence-electron chi connectivity index (χ1n) is 5.22. The Labute approximate surface area is 103 Å². The molecule has 1 aromatic rings. The van der Waals surface area contributed by atoms with Gasteiger partial charge in [0.1, 0.15) is 0 Å². The molecule has 2 rings (SSSR count). The summed E-state index contributed by atoms with van der Waals surface area (Å²) in [7, 11) is 1.59. The molecule has 1 aliphatic heterocycles. The Morgan fingerprint density at radius 1 is 1.47 bits per heavy atom. The summed E-state index contributed by atoms with van der Waals surface area (Å²) in [5, 5.41) is 0.451. The van der Waals surface area contributed by atoms with Crippen LogP contribution < -0.4 is 4.90 Å². The fraction of sp³-hybridized carbons (Fsp3) is 0.417. The quantitative estimate of drug-likeness (QED) is 0.799. The number of halogens is 3. The zero-order valence-corrected chi connectivity index (χ0v) is 10.3. The Bertz CT molecular complexity index is 478. The van der Waals surface area contributed by atoms with Gasteiger partial charge in [0.15, 0.2) is 0 Å². The minimum Gasteiger partial charge on any atom is -0.314 e. The maximum absolute atomic E-state index is 12.6. The lowest BCUT2D eigenvalue weighted by Crippen LogP contribution is -2.37. The predicted molar refractivity (Wildman–Crippen MR) is 62.8 cm³/mol. The number of fused-ring (bicyclic) bond motifs is 1. The topological polar surface area (TPSA) is 20.3 Å². The van der Waals surface area contributed by atoms with Crippen LogP contribution in [-0.4, -0.2) is 19.4 Å². The van der Waals surface area contributed by atoms with Gasteiger partial charge < -0.3 is 4.90 Å². The average molecular weight is 260 g/mol. The minimum atomic E-state index is -2.53. The lowest BCUT2D eigenvalue weighted by molar-refractivity contribution is -0.123. The van der Waals surface area contributed by atoms with Crippen LogP contribution in [0.4, 0.5) is 14.5 Å². The van der Waals surface area contributed by atoms with Crippen molar-refractivity contribution < 1.29 is 13.6 Å². The molecule has 0 saturated carbocycles. The van der Waals surface area contributed by atoms with Crippen molar-refractivity contribution in [3.63, 3.8) is 0 Å². The van der Waals surface area contributed by atoms with Gasteiger partial charge in [0.2, 0.25) is 12.3 Å². The molecular weight excluding hydrogens is 248 g/mol. The summed E-state index contributed by atoms with van der Waals surface area (Å²) in [5.74, 6) is -0.310. The molecule has 92 valence electrons. The normalized spacial score (nSPS) is 23.4. The van der Waals surface area contributed by atoms with E-state index in [4.69, 9.17) is 11.6 Å². The highest BCUT2D eigenvalue weighted by Gasteiger charge is 2.47. The van der Waals surface area contributed by atoms with Crippen LogP contribution in [0.25, 0.3) is 0 Å². The fourth-order valence-corrected chi connectivity index (χ4v) is 2.52. The van der Waals surface area contributed by atoms with Gasteiger partial charge in [-0.25, -0.2) is 8.78 Å². The summed E-state index contributed by atoms with van der Waals surface area (Å²) < 4.78 is 25.2. The van der Waals surface area contributed by atoms with Crippen molar-refractivity contribution in [2.75, 3.05) is 11.9 Å². The van der Waals surface area contributed by atoms with Gasteiger partial charge in [-0.1, -0.05) is 11.6 Å². The van der Waals surface area contributed by atoms with E-state index in [9.17, 15) is 13.6 Å². The summed E-state index contributed by atoms with van der Waals surface area (Å²) in [4.78, 5) is 13.5. The Hall–Kier alpha value is -1.16. The summed E-state index contributed by atoms with van der Waals surface area (Å²) in [6, 6.07) is 4.94. The van der Waals surface area contributed by atoms with Gasteiger partial charge in [0.05, 0.1) is 5.41 Å². The van der Waals surface area contributed by atoms with Crippen molar-refractivity contribution >= 4 is 23.2 Å². The standard InChI is InChI=1S/C12H12ClF2NO/c1-12(6-10(14)15)8-5-7(13)3-4-9(8)16(2)11(12)17/h3-5,10H,6H2,1-2H3/t12-/m0/s1. The molecule has 0 bridgehead atoms. The summed E-state index contributed by atoms with van der Waals surface area (Å²) in [6.07, 6.45) is -3.01. The number of nitrogens with zero attached hydrogens (tertiary/aromatic N) is 1. The Balaban J connectivity index is 2.56. The second-order valence-corrected chi connectivity index (χ2v) is 4.89. The van der Waals surface area contributed by atoms with Gasteiger partial charge in [-0.3, -0.25) is 4.79 Å². The lowest BCUT2D eigenvalue weighted by atomic mass is 9.81. The van der Waals surface area contributed by atoms with Crippen molar-refractivity contribution in [2.24, 2.45) is 0 Å². The SMILES string of the molecule is CN1C(=O)[C@@](C)(CC(F)F)c2cc(Cl)ccc21. The first-order chi connectivity index (χ1) is 7.86. The van der Waals surface area contributed by atoms with Gasteiger partial charge in [0.25, 0.3) is 0 Å². The highest BCUT2D eigenvalue weighted by atomic mass is 35.5. The van der Waals surface area contributed by atoms with Crippen LogP contribution in [0.5, 0.6) is 0 Å². The van der Waals surface area contributed by atoms with Crippen molar-refractivity contribution in [2.45, 2.75) is 25.2 Å². The van der Waals surface area contributed by atoms with Gasteiger partial charge >= 0.3 is 0 Å². The van der Waals surface area contributed by atoms with Crippen LogP contribution in [0.1, 0.15) is 18.9 Å². The second kappa shape index (κ2) is 3.95. The van der Waals surface area contributed by atoms with E-state index in [0.29, 0.717) is 16.3 Å². The number of benzene rings is 1. The number of alkyl halides is 2. The van der Waals surface area contributed by atoms with Crippen LogP contribution >= 0.6 is 11.6 Å². The highest BCUT2D eigenvalue weighted by molar-refractivity contribution is 6.31. The molecule has 1 amide bonds. The number of amides is 1. The maximum atomic E-state index is 12.6. The largest absolute Gasteiger partial charge is 0.314 e. The third-order valence-electron chi connectivity index (χ3n) is 3.25. The molecule has 0 aromatic heterocycles. The van der Waals surface area contributed by atoms with E-state index in [-0.39, 0.29) is 5.91 Å². The van der Waals surface area contributed by atoms with E-state index in [1.807, 2.05) is 0 Å². The van der Waals surface area contributed by atoms with Crippen LogP contribution in [0.15, 0.2) is 18.2 Å². The molecule has 0 saturated heterocycles. The molecule has 0 fully saturated rings. The molecule has 0 unspecified atom stereocenters. The Morgan fingerprint density at radius 3 is 2.71 bits per heavy atom. The zero-order valence-electron chi connectivity index (χ0n) is 9.51. The van der Waals surface area contributed by atoms with Crippen LogP contribution in [0.3, 0.4) is 0 Å². The predicted octanol–water partition coefficient (Wildman–Crippen LogP) is 3.23. The molecule has 0 radical (unpaired) electrons. The molecule has 1 aliphatic rings. The number of carbonyl (C=O) groups is 1. The Morgan fingerprint density at radius 2 is 2.12 bits per heavy atom. The number of hydrogen-bond donors (Lipinski definition) is 0. The molecule has 1 atom stereocenters. The van der Waals surface area contributed by atoms with E-state index >= 15 is 0 Å². The van der Waals surface area contributed by atoms with Crippen molar-refractivity contribution in [1.82, 2.24) is 0 Å². The molecule has 0 spiro atoms. The van der Waals surface area contributed by atoms with Gasteiger partial charge in [-0.2, -0.15) is 0 Å². The fourth-order valence-electron chi connectivity index (χ4n) is 2.34. The third kappa shape index (κ3) is 1.80. The lowest BCUT2D eigenvalue weighted by Gasteiger charge is -2.22. The molecule has 2 nitrogen and oxygen atoms in total. The molecule has 1 aromatic carbocycles. The number of likely N-dealkylation sites (N-methyl/N-ethyl adjacent to an activating group) is 1. The molecule has 1 heterocycles. The van der Waals surface area contributed by atoms with Gasteiger partial charge in [0, 0.05) is 24.2 Å². The molecule has 5 heteroatoms. The number of hydrogen-bond acceptors (Lipinski definition) is 1. The van der Waals surface area contributed by atoms with Crippen molar-refractivity contribution in [3.8, 4) is 0 Å². The average Bonchev–Trinajstić information content (AvgIpc) is 2.41. The number of anilines is 1. The molecule has 0 aliphatic carbocycles. The van der Waals surface area contributed by atoms with E-state index in [1.54, 1.807) is 32.2 Å². The molecular formula is C12H12ClF2NO. The maximum Gasteiger partial charge on any atom is 0.240 e. The van der Waals surface area contributed by atoms with E-state index in [0.717, 1.165) is 0 Å². The number of rotatable bonds is 2. The summed E-state index contributed by atoms with van der Waals surface area (Å²) >= 11 is 5.87. The van der Waals surface area contributed by atoms with Crippen LogP contribution in [-0.2, 0) is 10.2 Å². The minimum absolute atomic E-state index is 0.310. The number of carbonyl (C=O) groups excluding carboxylic acids is 1. The molecule has 0 N–H and O–H groups in total.